The maximum atomic E-state index is 12.1. The molecule has 0 heterocycles. The molecule has 1 aromatic carbocycles. The second kappa shape index (κ2) is 12.9. The van der Waals surface area contributed by atoms with Crippen molar-refractivity contribution in [1.29, 1.82) is 0 Å². The first kappa shape index (κ1) is 25.6. The van der Waals surface area contributed by atoms with Gasteiger partial charge in [0.05, 0.1) is 12.5 Å². The molecule has 0 fully saturated rings. The van der Waals surface area contributed by atoms with E-state index in [1.807, 2.05) is 30.6 Å². The number of methoxy groups -OCH3 is 1. The number of hydrogen-bond donors (Lipinski definition) is 3. The molecule has 2 atom stereocenters. The van der Waals surface area contributed by atoms with Crippen molar-refractivity contribution in [2.75, 3.05) is 12.4 Å². The van der Waals surface area contributed by atoms with Gasteiger partial charge in [0.2, 0.25) is 0 Å². The number of aliphatic carboxylic acids is 1. The summed E-state index contributed by atoms with van der Waals surface area (Å²) in [6.07, 6.45) is 1.73. The van der Waals surface area contributed by atoms with Gasteiger partial charge in [0.25, 0.3) is 5.91 Å². The third-order valence-corrected chi connectivity index (χ3v) is 4.54. The molecule has 6 nitrogen and oxygen atoms in total. The van der Waals surface area contributed by atoms with Gasteiger partial charge in [-0.3, -0.25) is 9.59 Å². The number of carboxylic acid groups (broad SMARTS) is 1. The molecular weight excluding hydrogens is 378 g/mol. The fourth-order valence-electron chi connectivity index (χ4n) is 1.88. The fraction of sp³-hybridized carbons (Fsp3) is 0.333. The van der Waals surface area contributed by atoms with E-state index in [0.717, 1.165) is 16.0 Å². The van der Waals surface area contributed by atoms with E-state index in [4.69, 9.17) is 9.84 Å². The highest BCUT2D eigenvalue weighted by molar-refractivity contribution is 8.06. The minimum absolute atomic E-state index is 0. The summed E-state index contributed by atoms with van der Waals surface area (Å²) in [7, 11) is 1.29. The van der Waals surface area contributed by atoms with Crippen molar-refractivity contribution in [2.24, 2.45) is 0 Å². The molecule has 0 radical (unpaired) electrons. The number of aliphatic hydroxyl groups excluding tert-OH is 1. The Kier molecular flexibility index (Phi) is 11.8. The fourth-order valence-corrected chi connectivity index (χ4v) is 2.56. The number of aliphatic hydroxyl groups is 1. The van der Waals surface area contributed by atoms with Crippen LogP contribution in [0.1, 0.15) is 33.3 Å². The van der Waals surface area contributed by atoms with Crippen LogP contribution in [0.5, 0.6) is 0 Å². The Morgan fingerprint density at radius 3 is 2.64 bits per heavy atom. The van der Waals surface area contributed by atoms with Crippen molar-refractivity contribution in [3.05, 3.63) is 58.4 Å². The van der Waals surface area contributed by atoms with Crippen molar-refractivity contribution >= 4 is 35.4 Å². The van der Waals surface area contributed by atoms with Gasteiger partial charge in [-0.2, -0.15) is 0 Å². The second-order valence-electron chi connectivity index (χ2n) is 5.89. The molecule has 3 N–H and O–H groups in total. The molecule has 0 saturated heterocycles. The Balaban J connectivity index is 0.00000729. The highest BCUT2D eigenvalue weighted by Gasteiger charge is 2.21. The molecule has 1 unspecified atom stereocenters. The third-order valence-electron chi connectivity index (χ3n) is 3.61. The summed E-state index contributed by atoms with van der Waals surface area (Å²) in [4.78, 5) is 23.7. The van der Waals surface area contributed by atoms with Crippen LogP contribution in [0.2, 0.25) is 0 Å². The predicted octanol–water partition coefficient (Wildman–Crippen LogP) is 4.30. The molecule has 154 valence electrons. The molecule has 1 rings (SSSR count). The lowest BCUT2D eigenvalue weighted by atomic mass is 10.1. The van der Waals surface area contributed by atoms with Crippen molar-refractivity contribution < 1.29 is 24.5 Å². The van der Waals surface area contributed by atoms with Crippen LogP contribution >= 0.6 is 11.8 Å². The number of carbonyl (C=O) groups excluding carboxylic acids is 1. The van der Waals surface area contributed by atoms with E-state index in [1.165, 1.54) is 18.9 Å². The minimum Gasteiger partial charge on any atom is -0.481 e. The van der Waals surface area contributed by atoms with Crippen LogP contribution in [0, 0.1) is 0 Å². The van der Waals surface area contributed by atoms with E-state index in [1.54, 1.807) is 25.1 Å². The summed E-state index contributed by atoms with van der Waals surface area (Å²) >= 11 is 1.41. The lowest BCUT2D eigenvalue weighted by Crippen LogP contribution is -2.31. The highest BCUT2D eigenvalue weighted by atomic mass is 32.2. The molecule has 0 aliphatic carbocycles. The smallest absolute Gasteiger partial charge is 0.306 e. The first-order valence-corrected chi connectivity index (χ1v) is 9.14. The molecule has 1 amide bonds. The summed E-state index contributed by atoms with van der Waals surface area (Å²) in [6.45, 7) is 7.49. The molecule has 28 heavy (non-hydrogen) atoms. The van der Waals surface area contributed by atoms with Crippen molar-refractivity contribution in [3.8, 4) is 0 Å². The molecule has 0 spiro atoms. The monoisotopic (exact) mass is 407 g/mol. The molecule has 0 saturated carbocycles. The molecule has 1 aromatic rings. The van der Waals surface area contributed by atoms with Gasteiger partial charge < -0.3 is 20.3 Å². The SMILES string of the molecule is C.C=C(/C=C/c1cccc(NC(=O)[C@@H](CC(=O)O)OC)c1)S/C=C(\C)C(C)O. The maximum Gasteiger partial charge on any atom is 0.306 e. The number of thioether (sulfide) groups is 1. The van der Waals surface area contributed by atoms with E-state index in [0.29, 0.717) is 5.69 Å². The Bertz CT molecular complexity index is 740. The van der Waals surface area contributed by atoms with Crippen molar-refractivity contribution in [2.45, 2.75) is 39.9 Å². The number of carboxylic acids is 1. The topological polar surface area (TPSA) is 95.9 Å². The zero-order chi connectivity index (χ0) is 20.4. The number of rotatable bonds is 10. The van der Waals surface area contributed by atoms with E-state index >= 15 is 0 Å². The largest absolute Gasteiger partial charge is 0.481 e. The van der Waals surface area contributed by atoms with E-state index < -0.39 is 30.5 Å². The number of amides is 1. The van der Waals surface area contributed by atoms with Crippen molar-refractivity contribution in [1.82, 2.24) is 0 Å². The first-order chi connectivity index (χ1) is 12.7. The molecule has 0 bridgehead atoms. The molecule has 0 aliphatic heterocycles. The lowest BCUT2D eigenvalue weighted by Gasteiger charge is -2.13. The van der Waals surface area contributed by atoms with Crippen molar-refractivity contribution in [3.63, 3.8) is 0 Å². The van der Waals surface area contributed by atoms with Crippen LogP contribution in [0.3, 0.4) is 0 Å². The summed E-state index contributed by atoms with van der Waals surface area (Å²) < 4.78 is 4.92. The number of benzene rings is 1. The van der Waals surface area contributed by atoms with E-state index in [2.05, 4.69) is 11.9 Å². The summed E-state index contributed by atoms with van der Waals surface area (Å²) in [5.74, 6) is -1.62. The predicted molar refractivity (Wildman–Crippen MR) is 116 cm³/mol. The van der Waals surface area contributed by atoms with Crippen LogP contribution in [-0.2, 0) is 14.3 Å². The normalized spacial score (nSPS) is 13.5. The Labute approximate surface area is 171 Å². The summed E-state index contributed by atoms with van der Waals surface area (Å²) in [5.41, 5.74) is 2.24. The highest BCUT2D eigenvalue weighted by Crippen LogP contribution is 2.21. The molecule has 0 aliphatic rings. The molecular formula is C21H29NO5S. The zero-order valence-corrected chi connectivity index (χ0v) is 16.5. The number of nitrogens with one attached hydrogen (secondary N) is 1. The quantitative estimate of drug-likeness (QED) is 0.501. The maximum absolute atomic E-state index is 12.1. The summed E-state index contributed by atoms with van der Waals surface area (Å²) in [6, 6.07) is 7.12. The Hall–Kier alpha value is -2.35. The Morgan fingerprint density at radius 1 is 1.39 bits per heavy atom. The number of allylic oxidation sites excluding steroid dienone is 1. The lowest BCUT2D eigenvalue weighted by molar-refractivity contribution is -0.143. The number of hydrogen-bond acceptors (Lipinski definition) is 5. The second-order valence-corrected chi connectivity index (χ2v) is 6.89. The van der Waals surface area contributed by atoms with Gasteiger partial charge >= 0.3 is 5.97 Å². The van der Waals surface area contributed by atoms with Crippen LogP contribution in [0.25, 0.3) is 6.08 Å². The zero-order valence-electron chi connectivity index (χ0n) is 15.6. The van der Waals surface area contributed by atoms with Gasteiger partial charge in [0.15, 0.2) is 0 Å². The van der Waals surface area contributed by atoms with Crippen LogP contribution in [0.4, 0.5) is 5.69 Å². The Morgan fingerprint density at radius 2 is 2.07 bits per heavy atom. The third kappa shape index (κ3) is 9.55. The molecule has 0 aromatic heterocycles. The first-order valence-electron chi connectivity index (χ1n) is 8.26. The summed E-state index contributed by atoms with van der Waals surface area (Å²) in [5, 5.41) is 22.8. The average Bonchev–Trinajstić information content (AvgIpc) is 2.62. The van der Waals surface area contributed by atoms with Gasteiger partial charge in [-0.1, -0.05) is 44.0 Å². The van der Waals surface area contributed by atoms with E-state index in [9.17, 15) is 14.7 Å². The van der Waals surface area contributed by atoms with Gasteiger partial charge in [-0.05, 0) is 48.6 Å². The van der Waals surface area contributed by atoms with Gasteiger partial charge in [-0.15, -0.1) is 0 Å². The minimum atomic E-state index is -1.11. The van der Waals surface area contributed by atoms with Gasteiger partial charge in [0, 0.05) is 17.7 Å². The van der Waals surface area contributed by atoms with Gasteiger partial charge in [0.1, 0.15) is 6.10 Å². The van der Waals surface area contributed by atoms with Crippen LogP contribution in [-0.4, -0.2) is 41.4 Å². The number of carbonyl (C=O) groups is 2. The molecule has 7 heteroatoms. The van der Waals surface area contributed by atoms with E-state index in [-0.39, 0.29) is 7.43 Å². The number of ether oxygens (including phenoxy) is 1. The van der Waals surface area contributed by atoms with Crippen LogP contribution < -0.4 is 5.32 Å². The average molecular weight is 408 g/mol. The van der Waals surface area contributed by atoms with Crippen LogP contribution in [0.15, 0.2) is 52.8 Å². The van der Waals surface area contributed by atoms with Gasteiger partial charge in [-0.25, -0.2) is 0 Å². The standard InChI is InChI=1S/C20H25NO5S.CH4/c1-13(15(3)22)12-27-14(2)8-9-16-6-5-7-17(10-16)21-20(25)18(26-4)11-19(23)24;/h5-10,12,15,18,22H,2,11H2,1,3-4H3,(H,21,25)(H,23,24);1H4/b9-8+,13-12+;/t15?,18-;/m1./s1. The number of anilines is 1.